The SMILES string of the molecule is CC(C)Oc1cc2nc(C3CCN(CCC(=O)OC(C)(C)C)CC3)cn2cc1NC(=O)c1cccc(C(F)(F)F)n1. The lowest BCUT2D eigenvalue weighted by molar-refractivity contribution is -0.155. The van der Waals surface area contributed by atoms with E-state index in [0.29, 0.717) is 24.4 Å². The first-order valence-electron chi connectivity index (χ1n) is 13.7. The first-order valence-corrected chi connectivity index (χ1v) is 13.7. The summed E-state index contributed by atoms with van der Waals surface area (Å²) < 4.78 is 52.4. The van der Waals surface area contributed by atoms with Gasteiger partial charge in [0.15, 0.2) is 0 Å². The van der Waals surface area contributed by atoms with Gasteiger partial charge in [-0.2, -0.15) is 13.2 Å². The number of fused-ring (bicyclic) bond motifs is 1. The van der Waals surface area contributed by atoms with Crippen LogP contribution in [0.2, 0.25) is 0 Å². The number of imidazole rings is 1. The molecular formula is C29H36F3N5O4. The molecule has 0 saturated carbocycles. The highest BCUT2D eigenvalue weighted by molar-refractivity contribution is 6.03. The first-order chi connectivity index (χ1) is 19.2. The van der Waals surface area contributed by atoms with Crippen molar-refractivity contribution < 1.29 is 32.2 Å². The zero-order valence-electron chi connectivity index (χ0n) is 23.9. The minimum atomic E-state index is -4.66. The molecular weight excluding hydrogens is 539 g/mol. The Morgan fingerprint density at radius 3 is 2.44 bits per heavy atom. The zero-order chi connectivity index (χ0) is 29.9. The van der Waals surface area contributed by atoms with Crippen LogP contribution in [-0.2, 0) is 15.7 Å². The number of pyridine rings is 2. The maximum Gasteiger partial charge on any atom is 0.433 e. The molecule has 0 aromatic carbocycles. The van der Waals surface area contributed by atoms with Crippen molar-refractivity contribution in [2.24, 2.45) is 0 Å². The first kappa shape index (κ1) is 30.3. The Bertz CT molecular complexity index is 1390. The third-order valence-corrected chi connectivity index (χ3v) is 6.51. The average Bonchev–Trinajstić information content (AvgIpc) is 3.29. The monoisotopic (exact) mass is 575 g/mol. The summed E-state index contributed by atoms with van der Waals surface area (Å²) in [5, 5.41) is 2.65. The predicted octanol–water partition coefficient (Wildman–Crippen LogP) is 5.70. The molecule has 4 heterocycles. The van der Waals surface area contributed by atoms with E-state index in [1.165, 1.54) is 6.07 Å². The Kier molecular flexibility index (Phi) is 8.91. The summed E-state index contributed by atoms with van der Waals surface area (Å²) in [6, 6.07) is 4.88. The molecule has 4 rings (SSSR count). The highest BCUT2D eigenvalue weighted by Crippen LogP contribution is 2.32. The molecule has 41 heavy (non-hydrogen) atoms. The van der Waals surface area contributed by atoms with Gasteiger partial charge >= 0.3 is 12.1 Å². The standard InChI is InChI=1S/C29H36F3N5O4/c1-18(2)40-23-15-25-34-21(19-9-12-36(13-10-19)14-11-26(38)41-28(3,4)5)16-37(25)17-22(23)35-27(39)20-7-6-8-24(33-20)29(30,31)32/h6-8,15-19H,9-14H2,1-5H3,(H,35,39). The molecule has 3 aromatic rings. The number of hydrogen-bond acceptors (Lipinski definition) is 7. The number of likely N-dealkylation sites (tertiary alicyclic amines) is 1. The van der Waals surface area contributed by atoms with Crippen LogP contribution in [-0.4, -0.2) is 62.5 Å². The van der Waals surface area contributed by atoms with Gasteiger partial charge in [-0.05, 0) is 72.7 Å². The van der Waals surface area contributed by atoms with Crippen LogP contribution in [0, 0.1) is 0 Å². The molecule has 0 radical (unpaired) electrons. The largest absolute Gasteiger partial charge is 0.489 e. The van der Waals surface area contributed by atoms with E-state index < -0.39 is 23.4 Å². The Morgan fingerprint density at radius 2 is 1.80 bits per heavy atom. The second kappa shape index (κ2) is 12.1. The number of alkyl halides is 3. The summed E-state index contributed by atoms with van der Waals surface area (Å²) >= 11 is 0. The molecule has 12 heteroatoms. The minimum absolute atomic E-state index is 0.203. The van der Waals surface area contributed by atoms with Gasteiger partial charge < -0.3 is 24.1 Å². The number of rotatable bonds is 8. The Hall–Kier alpha value is -3.67. The van der Waals surface area contributed by atoms with Crippen LogP contribution in [0.4, 0.5) is 18.9 Å². The van der Waals surface area contributed by atoms with Gasteiger partial charge in [0.2, 0.25) is 0 Å². The third-order valence-electron chi connectivity index (χ3n) is 6.51. The van der Waals surface area contributed by atoms with Crippen molar-refractivity contribution >= 4 is 23.2 Å². The highest BCUT2D eigenvalue weighted by Gasteiger charge is 2.33. The van der Waals surface area contributed by atoms with Crippen LogP contribution in [0.5, 0.6) is 5.75 Å². The predicted molar refractivity (Wildman–Crippen MR) is 147 cm³/mol. The second-order valence-corrected chi connectivity index (χ2v) is 11.5. The number of ether oxygens (including phenoxy) is 2. The summed E-state index contributed by atoms with van der Waals surface area (Å²) in [7, 11) is 0. The van der Waals surface area contributed by atoms with Crippen LogP contribution in [0.15, 0.2) is 36.7 Å². The lowest BCUT2D eigenvalue weighted by Crippen LogP contribution is -2.35. The number of carbonyl (C=O) groups excluding carboxylic acids is 2. The lowest BCUT2D eigenvalue weighted by Gasteiger charge is -2.31. The number of nitrogens with one attached hydrogen (secondary N) is 1. The van der Waals surface area contributed by atoms with Gasteiger partial charge in [0.25, 0.3) is 5.91 Å². The van der Waals surface area contributed by atoms with Gasteiger partial charge in [-0.1, -0.05) is 6.07 Å². The van der Waals surface area contributed by atoms with E-state index in [9.17, 15) is 22.8 Å². The molecule has 1 aliphatic rings. The molecule has 222 valence electrons. The molecule has 9 nitrogen and oxygen atoms in total. The van der Waals surface area contributed by atoms with Crippen molar-refractivity contribution in [3.8, 4) is 5.75 Å². The number of esters is 1. The molecule has 0 unspecified atom stereocenters. The number of anilines is 1. The second-order valence-electron chi connectivity index (χ2n) is 11.5. The molecule has 1 saturated heterocycles. The van der Waals surface area contributed by atoms with E-state index in [4.69, 9.17) is 14.5 Å². The van der Waals surface area contributed by atoms with Crippen LogP contribution >= 0.6 is 0 Å². The Labute approximate surface area is 237 Å². The maximum atomic E-state index is 13.1. The number of halogens is 3. The molecule has 0 bridgehead atoms. The van der Waals surface area contributed by atoms with Gasteiger partial charge in [0.05, 0.1) is 18.2 Å². The van der Waals surface area contributed by atoms with E-state index in [0.717, 1.165) is 43.8 Å². The number of hydrogen-bond donors (Lipinski definition) is 1. The number of piperidine rings is 1. The van der Waals surface area contributed by atoms with Crippen LogP contribution in [0.1, 0.15) is 81.7 Å². The van der Waals surface area contributed by atoms with Gasteiger partial charge in [0.1, 0.15) is 34.1 Å². The number of carbonyl (C=O) groups is 2. The fourth-order valence-corrected chi connectivity index (χ4v) is 4.68. The fourth-order valence-electron chi connectivity index (χ4n) is 4.68. The van der Waals surface area contributed by atoms with Gasteiger partial charge in [-0.15, -0.1) is 0 Å². The normalized spacial score (nSPS) is 15.3. The van der Waals surface area contributed by atoms with Crippen molar-refractivity contribution in [2.45, 2.75) is 77.7 Å². The van der Waals surface area contributed by atoms with Gasteiger partial charge in [-0.25, -0.2) is 9.97 Å². The summed E-state index contributed by atoms with van der Waals surface area (Å²) in [6.07, 6.45) is 0.747. The van der Waals surface area contributed by atoms with Crippen molar-refractivity contribution in [1.29, 1.82) is 0 Å². The molecule has 0 aliphatic carbocycles. The van der Waals surface area contributed by atoms with E-state index in [1.807, 2.05) is 40.8 Å². The quantitative estimate of drug-likeness (QED) is 0.344. The van der Waals surface area contributed by atoms with E-state index >= 15 is 0 Å². The van der Waals surface area contributed by atoms with E-state index in [-0.39, 0.29) is 29.4 Å². The number of amides is 1. The van der Waals surface area contributed by atoms with Crippen molar-refractivity contribution in [1.82, 2.24) is 19.3 Å². The van der Waals surface area contributed by atoms with Crippen molar-refractivity contribution in [2.75, 3.05) is 25.0 Å². The molecule has 3 aromatic heterocycles. The van der Waals surface area contributed by atoms with Crippen LogP contribution < -0.4 is 10.1 Å². The number of aromatic nitrogens is 3. The average molecular weight is 576 g/mol. The zero-order valence-corrected chi connectivity index (χ0v) is 23.9. The lowest BCUT2D eigenvalue weighted by atomic mass is 9.94. The molecule has 1 amide bonds. The summed E-state index contributed by atoms with van der Waals surface area (Å²) in [5.74, 6) is -0.425. The molecule has 1 aliphatic heterocycles. The van der Waals surface area contributed by atoms with Crippen molar-refractivity contribution in [3.63, 3.8) is 0 Å². The highest BCUT2D eigenvalue weighted by atomic mass is 19.4. The minimum Gasteiger partial charge on any atom is -0.489 e. The Morgan fingerprint density at radius 1 is 1.10 bits per heavy atom. The van der Waals surface area contributed by atoms with Gasteiger partial charge in [0, 0.05) is 30.9 Å². The van der Waals surface area contributed by atoms with E-state index in [2.05, 4.69) is 15.2 Å². The van der Waals surface area contributed by atoms with Crippen LogP contribution in [0.25, 0.3) is 5.65 Å². The maximum absolute atomic E-state index is 13.1. The van der Waals surface area contributed by atoms with Gasteiger partial charge in [-0.3, -0.25) is 9.59 Å². The summed E-state index contributed by atoms with van der Waals surface area (Å²) in [4.78, 5) is 35.5. The van der Waals surface area contributed by atoms with E-state index in [1.54, 1.807) is 16.7 Å². The fraction of sp³-hybridized carbons (Fsp3) is 0.517. The molecule has 0 spiro atoms. The molecule has 1 fully saturated rings. The summed E-state index contributed by atoms with van der Waals surface area (Å²) in [5.41, 5.74) is -0.190. The van der Waals surface area contributed by atoms with Crippen LogP contribution in [0.3, 0.4) is 0 Å². The smallest absolute Gasteiger partial charge is 0.433 e. The topological polar surface area (TPSA) is 98.1 Å². The third kappa shape index (κ3) is 8.18. The molecule has 0 atom stereocenters. The van der Waals surface area contributed by atoms with Crippen molar-refractivity contribution in [3.05, 3.63) is 53.7 Å². The molecule has 1 N–H and O–H groups in total. The summed E-state index contributed by atoms with van der Waals surface area (Å²) in [6.45, 7) is 11.5. The number of nitrogens with zero attached hydrogens (tertiary/aromatic N) is 4. The Balaban J connectivity index is 1.47.